The number of ether oxygens (including phenoxy) is 1. The number of hydrogen-bond donors (Lipinski definition) is 1. The third-order valence-corrected chi connectivity index (χ3v) is 6.06. The topological polar surface area (TPSA) is 75.0 Å². The van der Waals surface area contributed by atoms with Gasteiger partial charge in [0.25, 0.3) is 0 Å². The van der Waals surface area contributed by atoms with Gasteiger partial charge in [0.05, 0.1) is 6.54 Å². The highest BCUT2D eigenvalue weighted by molar-refractivity contribution is 5.78. The third kappa shape index (κ3) is 7.81. The number of carboxylic acid groups (broad SMARTS) is 1. The lowest BCUT2D eigenvalue weighted by molar-refractivity contribution is -0.192. The molecule has 1 saturated carbocycles. The highest BCUT2D eigenvalue weighted by Crippen LogP contribution is 2.29. The van der Waals surface area contributed by atoms with E-state index in [9.17, 15) is 18.0 Å². The summed E-state index contributed by atoms with van der Waals surface area (Å²) in [7, 11) is 0. The van der Waals surface area contributed by atoms with Crippen molar-refractivity contribution >= 4 is 11.9 Å². The van der Waals surface area contributed by atoms with Crippen LogP contribution in [0.3, 0.4) is 0 Å². The molecule has 0 radical (unpaired) electrons. The lowest BCUT2D eigenvalue weighted by Crippen LogP contribution is -2.40. The quantitative estimate of drug-likeness (QED) is 0.635. The second-order valence-electron chi connectivity index (χ2n) is 8.89. The SMILES string of the molecule is O=C(CN1Cc2cccn2CC(CCOCC2CC2)C1)N1CCCC1.O=C(O)C(F)(F)F. The van der Waals surface area contributed by atoms with Crippen molar-refractivity contribution in [2.45, 2.75) is 51.4 Å². The van der Waals surface area contributed by atoms with Gasteiger partial charge in [-0.2, -0.15) is 13.2 Å². The van der Waals surface area contributed by atoms with Crippen molar-refractivity contribution in [2.24, 2.45) is 11.8 Å². The molecule has 1 aliphatic carbocycles. The summed E-state index contributed by atoms with van der Waals surface area (Å²) < 4.78 is 40.0. The van der Waals surface area contributed by atoms with Gasteiger partial charge in [-0.05, 0) is 56.1 Å². The summed E-state index contributed by atoms with van der Waals surface area (Å²) in [4.78, 5) is 25.9. The number of hydrogen-bond acceptors (Lipinski definition) is 4. The summed E-state index contributed by atoms with van der Waals surface area (Å²) in [6, 6.07) is 4.32. The summed E-state index contributed by atoms with van der Waals surface area (Å²) in [6.45, 7) is 7.17. The molecule has 2 fully saturated rings. The zero-order chi connectivity index (χ0) is 23.1. The van der Waals surface area contributed by atoms with E-state index >= 15 is 0 Å². The number of carbonyl (C=O) groups is 2. The van der Waals surface area contributed by atoms with Gasteiger partial charge in [-0.1, -0.05) is 0 Å². The fourth-order valence-electron chi connectivity index (χ4n) is 4.11. The van der Waals surface area contributed by atoms with Crippen LogP contribution in [-0.2, 0) is 27.4 Å². The molecule has 180 valence electrons. The Morgan fingerprint density at radius 3 is 2.44 bits per heavy atom. The maximum Gasteiger partial charge on any atom is 0.490 e. The van der Waals surface area contributed by atoms with Gasteiger partial charge in [-0.25, -0.2) is 4.79 Å². The molecule has 0 spiro atoms. The lowest BCUT2D eigenvalue weighted by Gasteiger charge is -2.25. The van der Waals surface area contributed by atoms with Crippen molar-refractivity contribution in [3.8, 4) is 0 Å². The van der Waals surface area contributed by atoms with Crippen LogP contribution in [0.15, 0.2) is 18.3 Å². The van der Waals surface area contributed by atoms with Crippen LogP contribution < -0.4 is 0 Å². The molecule has 1 N–H and O–H groups in total. The van der Waals surface area contributed by atoms with Gasteiger partial charge < -0.3 is 19.3 Å². The van der Waals surface area contributed by atoms with Crippen molar-refractivity contribution in [2.75, 3.05) is 39.4 Å². The largest absolute Gasteiger partial charge is 0.490 e. The van der Waals surface area contributed by atoms with Crippen molar-refractivity contribution < 1.29 is 32.6 Å². The molecule has 3 heterocycles. The summed E-state index contributed by atoms with van der Waals surface area (Å²) in [5.41, 5.74) is 1.33. The molecule has 1 atom stereocenters. The van der Waals surface area contributed by atoms with Gasteiger partial charge in [0.1, 0.15) is 0 Å². The van der Waals surface area contributed by atoms with Crippen LogP contribution >= 0.6 is 0 Å². The predicted molar refractivity (Wildman–Crippen MR) is 111 cm³/mol. The first kappa shape index (κ1) is 24.6. The molecule has 1 aromatic heterocycles. The number of carboxylic acids is 1. The fraction of sp³-hybridized carbons (Fsp3) is 0.727. The highest BCUT2D eigenvalue weighted by atomic mass is 19.4. The minimum Gasteiger partial charge on any atom is -0.475 e. The zero-order valence-electron chi connectivity index (χ0n) is 18.2. The van der Waals surface area contributed by atoms with Crippen LogP contribution in [-0.4, -0.2) is 76.9 Å². The van der Waals surface area contributed by atoms with E-state index in [1.165, 1.54) is 18.5 Å². The second kappa shape index (κ2) is 11.2. The molecule has 32 heavy (non-hydrogen) atoms. The zero-order valence-corrected chi connectivity index (χ0v) is 18.2. The monoisotopic (exact) mass is 459 g/mol. The van der Waals surface area contributed by atoms with Crippen molar-refractivity contribution in [3.63, 3.8) is 0 Å². The Morgan fingerprint density at radius 1 is 1.12 bits per heavy atom. The van der Waals surface area contributed by atoms with E-state index in [2.05, 4.69) is 27.8 Å². The van der Waals surface area contributed by atoms with Crippen LogP contribution in [0, 0.1) is 11.8 Å². The molecule has 1 amide bonds. The number of alkyl halides is 3. The average Bonchev–Trinajstić information content (AvgIpc) is 3.23. The van der Waals surface area contributed by atoms with Crippen LogP contribution in [0.2, 0.25) is 0 Å². The lowest BCUT2D eigenvalue weighted by atomic mass is 10.1. The Kier molecular flexibility index (Phi) is 8.58. The molecule has 4 rings (SSSR count). The van der Waals surface area contributed by atoms with Gasteiger partial charge in [-0.3, -0.25) is 9.69 Å². The summed E-state index contributed by atoms with van der Waals surface area (Å²) in [5, 5.41) is 7.12. The number of aliphatic carboxylic acids is 1. The number of likely N-dealkylation sites (tertiary alicyclic amines) is 1. The maximum atomic E-state index is 12.6. The molecule has 2 aliphatic heterocycles. The minimum absolute atomic E-state index is 0.307. The Morgan fingerprint density at radius 2 is 1.81 bits per heavy atom. The Bertz CT molecular complexity index is 758. The molecule has 1 saturated heterocycles. The van der Waals surface area contributed by atoms with Crippen molar-refractivity contribution in [3.05, 3.63) is 24.0 Å². The minimum atomic E-state index is -5.08. The van der Waals surface area contributed by atoms with Crippen molar-refractivity contribution in [1.82, 2.24) is 14.4 Å². The number of amides is 1. The smallest absolute Gasteiger partial charge is 0.475 e. The van der Waals surface area contributed by atoms with Gasteiger partial charge in [0, 0.05) is 57.8 Å². The van der Waals surface area contributed by atoms with Gasteiger partial charge in [-0.15, -0.1) is 0 Å². The number of rotatable bonds is 7. The van der Waals surface area contributed by atoms with Crippen LogP contribution in [0.1, 0.15) is 37.8 Å². The summed E-state index contributed by atoms with van der Waals surface area (Å²) >= 11 is 0. The Balaban J connectivity index is 0.000000360. The first-order valence-corrected chi connectivity index (χ1v) is 11.2. The van der Waals surface area contributed by atoms with E-state index in [0.29, 0.717) is 18.4 Å². The van der Waals surface area contributed by atoms with E-state index < -0.39 is 12.1 Å². The van der Waals surface area contributed by atoms with Gasteiger partial charge >= 0.3 is 12.1 Å². The van der Waals surface area contributed by atoms with E-state index in [1.807, 2.05) is 4.90 Å². The van der Waals surface area contributed by atoms with E-state index in [-0.39, 0.29) is 0 Å². The molecule has 1 unspecified atom stereocenters. The number of fused-ring (bicyclic) bond motifs is 1. The Labute approximate surface area is 186 Å². The van der Waals surface area contributed by atoms with Crippen LogP contribution in [0.25, 0.3) is 0 Å². The standard InChI is InChI=1S/C20H31N3O2.C2HF3O2/c24-20(22-8-1-2-9-22)15-21-12-18(7-11-25-16-17-5-6-17)13-23-10-3-4-19(23)14-21;3-2(4,5)1(6)7/h3-4,10,17-18H,1-2,5-9,11-16H2;(H,6,7). The summed E-state index contributed by atoms with van der Waals surface area (Å²) in [5.74, 6) is -1.06. The molecule has 1 aromatic rings. The molecule has 0 bridgehead atoms. The normalized spacial score (nSPS) is 21.5. The number of aromatic nitrogens is 1. The van der Waals surface area contributed by atoms with E-state index in [0.717, 1.165) is 71.1 Å². The second-order valence-corrected chi connectivity index (χ2v) is 8.89. The molecule has 0 aromatic carbocycles. The maximum absolute atomic E-state index is 12.6. The van der Waals surface area contributed by atoms with Gasteiger partial charge in [0.2, 0.25) is 5.91 Å². The average molecular weight is 460 g/mol. The van der Waals surface area contributed by atoms with Crippen LogP contribution in [0.4, 0.5) is 13.2 Å². The predicted octanol–water partition coefficient (Wildman–Crippen LogP) is 2.99. The molecule has 7 nitrogen and oxygen atoms in total. The molecular formula is C22H32F3N3O4. The first-order valence-electron chi connectivity index (χ1n) is 11.2. The third-order valence-electron chi connectivity index (χ3n) is 6.06. The van der Waals surface area contributed by atoms with Crippen LogP contribution in [0.5, 0.6) is 0 Å². The van der Waals surface area contributed by atoms with E-state index in [4.69, 9.17) is 14.6 Å². The van der Waals surface area contributed by atoms with Crippen molar-refractivity contribution in [1.29, 1.82) is 0 Å². The number of carbonyl (C=O) groups excluding carboxylic acids is 1. The number of nitrogens with zero attached hydrogens (tertiary/aromatic N) is 3. The molecular weight excluding hydrogens is 427 g/mol. The highest BCUT2D eigenvalue weighted by Gasteiger charge is 2.38. The van der Waals surface area contributed by atoms with Gasteiger partial charge in [0.15, 0.2) is 0 Å². The fourth-order valence-corrected chi connectivity index (χ4v) is 4.11. The first-order chi connectivity index (χ1) is 15.2. The number of halogens is 3. The molecule has 10 heteroatoms. The van der Waals surface area contributed by atoms with E-state index in [1.54, 1.807) is 0 Å². The molecule has 3 aliphatic rings. The summed E-state index contributed by atoms with van der Waals surface area (Å²) in [6.07, 6.45) is 3.20. The Hall–Kier alpha value is -2.07.